The number of carbonyl (C=O) groups is 2. The molecule has 0 bridgehead atoms. The van der Waals surface area contributed by atoms with Gasteiger partial charge in [0.15, 0.2) is 0 Å². The van der Waals surface area contributed by atoms with E-state index in [0.717, 1.165) is 10.0 Å². The second-order valence-corrected chi connectivity index (χ2v) is 5.94. The van der Waals surface area contributed by atoms with Crippen molar-refractivity contribution in [3.05, 3.63) is 34.3 Å². The largest absolute Gasteiger partial charge is 0.350 e. The molecule has 0 aromatic heterocycles. The van der Waals surface area contributed by atoms with Gasteiger partial charge in [-0.3, -0.25) is 4.79 Å². The molecule has 1 aliphatic heterocycles. The number of halogens is 1. The smallest absolute Gasteiger partial charge is 0.318 e. The number of urea groups is 1. The summed E-state index contributed by atoms with van der Waals surface area (Å²) in [6.07, 6.45) is 0. The van der Waals surface area contributed by atoms with Crippen molar-refractivity contribution in [2.75, 3.05) is 13.1 Å². The highest BCUT2D eigenvalue weighted by atomic mass is 79.9. The van der Waals surface area contributed by atoms with Crippen molar-refractivity contribution >= 4 is 27.9 Å². The van der Waals surface area contributed by atoms with E-state index >= 15 is 0 Å². The van der Waals surface area contributed by atoms with Crippen molar-refractivity contribution in [2.24, 2.45) is 0 Å². The van der Waals surface area contributed by atoms with Crippen LogP contribution in [0.1, 0.15) is 25.5 Å². The summed E-state index contributed by atoms with van der Waals surface area (Å²) in [6, 6.07) is 7.80. The number of likely N-dealkylation sites (tertiary alicyclic amines) is 1. The Hall–Kier alpha value is -1.56. The van der Waals surface area contributed by atoms with Crippen molar-refractivity contribution < 1.29 is 9.59 Å². The summed E-state index contributed by atoms with van der Waals surface area (Å²) in [5.41, 5.74) is 1.06. The average molecular weight is 340 g/mol. The van der Waals surface area contributed by atoms with Crippen molar-refractivity contribution in [3.8, 4) is 0 Å². The van der Waals surface area contributed by atoms with Gasteiger partial charge >= 0.3 is 6.03 Å². The van der Waals surface area contributed by atoms with Crippen LogP contribution in [0.5, 0.6) is 0 Å². The topological polar surface area (TPSA) is 61.4 Å². The Bertz CT molecular complexity index is 498. The fourth-order valence-corrected chi connectivity index (χ4v) is 2.40. The molecule has 1 atom stereocenters. The van der Waals surface area contributed by atoms with Crippen LogP contribution in [0.15, 0.2) is 28.7 Å². The first kappa shape index (κ1) is 14.8. The van der Waals surface area contributed by atoms with Crippen LogP contribution in [0.4, 0.5) is 4.79 Å². The molecule has 2 N–H and O–H groups in total. The first-order chi connectivity index (χ1) is 9.45. The highest BCUT2D eigenvalue weighted by Gasteiger charge is 2.31. The van der Waals surface area contributed by atoms with Gasteiger partial charge in [0.1, 0.15) is 0 Å². The number of benzene rings is 1. The zero-order valence-electron chi connectivity index (χ0n) is 11.5. The summed E-state index contributed by atoms with van der Waals surface area (Å²) in [5, 5.41) is 5.74. The fraction of sp³-hybridized carbons (Fsp3) is 0.429. The molecule has 0 saturated carbocycles. The predicted octanol–water partition coefficient (Wildman–Crippen LogP) is 2.04. The van der Waals surface area contributed by atoms with E-state index in [9.17, 15) is 9.59 Å². The molecule has 1 saturated heterocycles. The van der Waals surface area contributed by atoms with Crippen molar-refractivity contribution in [1.82, 2.24) is 15.5 Å². The zero-order valence-corrected chi connectivity index (χ0v) is 13.1. The van der Waals surface area contributed by atoms with Crippen LogP contribution in [0.2, 0.25) is 0 Å². The summed E-state index contributed by atoms with van der Waals surface area (Å²) in [7, 11) is 0. The van der Waals surface area contributed by atoms with Gasteiger partial charge in [-0.1, -0.05) is 28.1 Å². The third kappa shape index (κ3) is 3.72. The molecule has 1 aliphatic rings. The Balaban J connectivity index is 1.80. The minimum Gasteiger partial charge on any atom is -0.350 e. The third-order valence-corrected chi connectivity index (χ3v) is 3.81. The number of rotatable bonds is 3. The fourth-order valence-electron chi connectivity index (χ4n) is 2.13. The van der Waals surface area contributed by atoms with E-state index in [1.54, 1.807) is 4.90 Å². The number of nitrogens with zero attached hydrogens (tertiary/aromatic N) is 1. The molecule has 1 fully saturated rings. The van der Waals surface area contributed by atoms with E-state index in [0.29, 0.717) is 13.1 Å². The molecule has 0 spiro atoms. The second kappa shape index (κ2) is 6.26. The highest BCUT2D eigenvalue weighted by molar-refractivity contribution is 9.10. The van der Waals surface area contributed by atoms with E-state index in [1.807, 2.05) is 31.2 Å². The van der Waals surface area contributed by atoms with Crippen LogP contribution < -0.4 is 10.6 Å². The van der Waals surface area contributed by atoms with Gasteiger partial charge in [0.05, 0.1) is 12.1 Å². The number of hydrogen-bond donors (Lipinski definition) is 2. The lowest BCUT2D eigenvalue weighted by Crippen LogP contribution is -2.62. The van der Waals surface area contributed by atoms with Gasteiger partial charge in [-0.05, 0) is 24.6 Å². The van der Waals surface area contributed by atoms with Crippen LogP contribution in [-0.4, -0.2) is 36.0 Å². The van der Waals surface area contributed by atoms with Crippen molar-refractivity contribution in [2.45, 2.75) is 25.9 Å². The standard InChI is InChI=1S/C14H18BrN3O2/c1-9(11-3-5-12(15)6-4-11)16-14(20)18-7-13(8-18)17-10(2)19/h3-6,9,13H,7-8H2,1-2H3,(H,16,20)(H,17,19)/t9-/m1/s1. The highest BCUT2D eigenvalue weighted by Crippen LogP contribution is 2.17. The maximum Gasteiger partial charge on any atom is 0.318 e. The molecule has 20 heavy (non-hydrogen) atoms. The van der Waals surface area contributed by atoms with Gasteiger partial charge < -0.3 is 15.5 Å². The average Bonchev–Trinajstić information content (AvgIpc) is 2.33. The summed E-state index contributed by atoms with van der Waals surface area (Å²) in [5.74, 6) is -0.0571. The molecule has 1 aromatic carbocycles. The van der Waals surface area contributed by atoms with E-state index in [4.69, 9.17) is 0 Å². The van der Waals surface area contributed by atoms with E-state index in [-0.39, 0.29) is 24.0 Å². The number of carbonyl (C=O) groups excluding carboxylic acids is 2. The molecule has 1 heterocycles. The van der Waals surface area contributed by atoms with Crippen LogP contribution in [-0.2, 0) is 4.79 Å². The molecule has 108 valence electrons. The minimum atomic E-state index is -0.0954. The van der Waals surface area contributed by atoms with Crippen LogP contribution in [0.25, 0.3) is 0 Å². The Kier molecular flexibility index (Phi) is 4.65. The van der Waals surface area contributed by atoms with E-state index in [1.165, 1.54) is 6.92 Å². The molecule has 3 amide bonds. The Morgan fingerprint density at radius 2 is 1.90 bits per heavy atom. The van der Waals surface area contributed by atoms with Gasteiger partial charge in [0.25, 0.3) is 0 Å². The van der Waals surface area contributed by atoms with Crippen LogP contribution in [0, 0.1) is 0 Å². The summed E-state index contributed by atoms with van der Waals surface area (Å²) >= 11 is 3.39. The lowest BCUT2D eigenvalue weighted by atomic mass is 10.1. The lowest BCUT2D eigenvalue weighted by Gasteiger charge is -2.39. The molecule has 2 rings (SSSR count). The van der Waals surface area contributed by atoms with Gasteiger partial charge in [-0.2, -0.15) is 0 Å². The number of amides is 3. The van der Waals surface area contributed by atoms with Gasteiger partial charge in [-0.25, -0.2) is 4.79 Å². The molecule has 6 heteroatoms. The third-order valence-electron chi connectivity index (χ3n) is 3.29. The van der Waals surface area contributed by atoms with E-state index < -0.39 is 0 Å². The lowest BCUT2D eigenvalue weighted by molar-refractivity contribution is -0.120. The number of hydrogen-bond acceptors (Lipinski definition) is 2. The normalized spacial score (nSPS) is 16.2. The molecular formula is C14H18BrN3O2. The van der Waals surface area contributed by atoms with Crippen molar-refractivity contribution in [3.63, 3.8) is 0 Å². The second-order valence-electron chi connectivity index (χ2n) is 5.03. The first-order valence-electron chi connectivity index (χ1n) is 6.53. The molecule has 1 aromatic rings. The molecule has 5 nitrogen and oxygen atoms in total. The van der Waals surface area contributed by atoms with Crippen LogP contribution in [0.3, 0.4) is 0 Å². The molecule has 0 unspecified atom stereocenters. The maximum atomic E-state index is 12.0. The Morgan fingerprint density at radius 3 is 2.45 bits per heavy atom. The zero-order chi connectivity index (χ0) is 14.7. The van der Waals surface area contributed by atoms with Gasteiger partial charge in [-0.15, -0.1) is 0 Å². The van der Waals surface area contributed by atoms with Gasteiger partial charge in [0.2, 0.25) is 5.91 Å². The van der Waals surface area contributed by atoms with Crippen molar-refractivity contribution in [1.29, 1.82) is 0 Å². The summed E-state index contributed by atoms with van der Waals surface area (Å²) in [6.45, 7) is 4.57. The Morgan fingerprint density at radius 1 is 1.30 bits per heavy atom. The van der Waals surface area contributed by atoms with Gasteiger partial charge in [0, 0.05) is 24.5 Å². The molecular weight excluding hydrogens is 322 g/mol. The monoisotopic (exact) mass is 339 g/mol. The summed E-state index contributed by atoms with van der Waals surface area (Å²) < 4.78 is 1.01. The van der Waals surface area contributed by atoms with Crippen LogP contribution >= 0.6 is 15.9 Å². The quantitative estimate of drug-likeness (QED) is 0.885. The SMILES string of the molecule is CC(=O)NC1CN(C(=O)N[C@H](C)c2ccc(Br)cc2)C1. The molecule has 0 aliphatic carbocycles. The Labute approximate surface area is 126 Å². The maximum absolute atomic E-state index is 12.0. The molecule has 0 radical (unpaired) electrons. The number of nitrogens with one attached hydrogen (secondary N) is 2. The first-order valence-corrected chi connectivity index (χ1v) is 7.33. The predicted molar refractivity (Wildman–Crippen MR) is 80.3 cm³/mol. The van der Waals surface area contributed by atoms with E-state index in [2.05, 4.69) is 26.6 Å². The minimum absolute atomic E-state index is 0.0459. The summed E-state index contributed by atoms with van der Waals surface area (Å²) in [4.78, 5) is 24.6.